The van der Waals surface area contributed by atoms with Gasteiger partial charge in [0.15, 0.2) is 0 Å². The van der Waals surface area contributed by atoms with Crippen molar-refractivity contribution >= 4 is 5.78 Å². The maximum absolute atomic E-state index is 12.4. The average molecular weight is 258 g/mol. The molecule has 0 saturated heterocycles. The normalized spacial score (nSPS) is 11.6. The predicted molar refractivity (Wildman–Crippen MR) is 64.8 cm³/mol. The minimum atomic E-state index is -4.80. The second-order valence-corrected chi connectivity index (χ2v) is 4.31. The molecule has 100 valence electrons. The third-order valence-corrected chi connectivity index (χ3v) is 2.76. The lowest BCUT2D eigenvalue weighted by molar-refractivity contribution is -0.0885. The van der Waals surface area contributed by atoms with Crippen molar-refractivity contribution in [1.82, 2.24) is 0 Å². The second kappa shape index (κ2) is 6.03. The van der Waals surface area contributed by atoms with Crippen LogP contribution in [0.15, 0.2) is 18.2 Å². The number of rotatable bonds is 5. The first kappa shape index (κ1) is 14.7. The first-order valence-corrected chi connectivity index (χ1v) is 6.13. The molecule has 1 aromatic carbocycles. The van der Waals surface area contributed by atoms with Crippen LogP contribution in [0.1, 0.15) is 48.2 Å². The second-order valence-electron chi connectivity index (χ2n) is 4.31. The van der Waals surface area contributed by atoms with Gasteiger partial charge in [-0.2, -0.15) is 13.2 Å². The largest absolute Gasteiger partial charge is 0.454 e. The van der Waals surface area contributed by atoms with Crippen LogP contribution in [0.25, 0.3) is 0 Å². The standard InChI is InChI=1S/C14H17F3O/c1-3-5-10-7-8-12(9-11(10)6-4-2)13(18)14(15,16)17/h7-9H,3-6H2,1-2H3. The predicted octanol–water partition coefficient (Wildman–Crippen LogP) is 4.34. The van der Waals surface area contributed by atoms with Crippen molar-refractivity contribution in [1.29, 1.82) is 0 Å². The summed E-state index contributed by atoms with van der Waals surface area (Å²) in [7, 11) is 0. The zero-order valence-electron chi connectivity index (χ0n) is 10.6. The highest BCUT2D eigenvalue weighted by Crippen LogP contribution is 2.24. The van der Waals surface area contributed by atoms with Crippen LogP contribution in [0.3, 0.4) is 0 Å². The Morgan fingerprint density at radius 1 is 1.06 bits per heavy atom. The molecule has 0 radical (unpaired) electrons. The van der Waals surface area contributed by atoms with Crippen molar-refractivity contribution in [2.24, 2.45) is 0 Å². The monoisotopic (exact) mass is 258 g/mol. The lowest BCUT2D eigenvalue weighted by atomic mass is 9.96. The summed E-state index contributed by atoms with van der Waals surface area (Å²) in [6.07, 6.45) is -1.48. The number of hydrogen-bond donors (Lipinski definition) is 0. The molecule has 0 aromatic heterocycles. The van der Waals surface area contributed by atoms with Gasteiger partial charge in [0.05, 0.1) is 0 Å². The summed E-state index contributed by atoms with van der Waals surface area (Å²) >= 11 is 0. The molecular weight excluding hydrogens is 241 g/mol. The van der Waals surface area contributed by atoms with Crippen molar-refractivity contribution in [3.63, 3.8) is 0 Å². The summed E-state index contributed by atoms with van der Waals surface area (Å²) < 4.78 is 37.1. The van der Waals surface area contributed by atoms with Gasteiger partial charge in [-0.1, -0.05) is 38.8 Å². The summed E-state index contributed by atoms with van der Waals surface area (Å²) in [6.45, 7) is 3.98. The van der Waals surface area contributed by atoms with E-state index < -0.39 is 12.0 Å². The van der Waals surface area contributed by atoms with Crippen LogP contribution in [0.2, 0.25) is 0 Å². The highest BCUT2D eigenvalue weighted by Gasteiger charge is 2.39. The lowest BCUT2D eigenvalue weighted by Crippen LogP contribution is -2.23. The van der Waals surface area contributed by atoms with Crippen LogP contribution in [-0.2, 0) is 12.8 Å². The molecule has 4 heteroatoms. The van der Waals surface area contributed by atoms with Crippen molar-refractivity contribution in [2.75, 3.05) is 0 Å². The number of aryl methyl sites for hydroxylation is 2. The summed E-state index contributed by atoms with van der Waals surface area (Å²) in [5.41, 5.74) is 1.64. The minimum Gasteiger partial charge on any atom is -0.284 e. The van der Waals surface area contributed by atoms with E-state index in [2.05, 4.69) is 0 Å². The van der Waals surface area contributed by atoms with Gasteiger partial charge in [0.2, 0.25) is 0 Å². The van der Waals surface area contributed by atoms with E-state index in [9.17, 15) is 18.0 Å². The molecule has 18 heavy (non-hydrogen) atoms. The summed E-state index contributed by atoms with van der Waals surface area (Å²) in [6, 6.07) is 4.32. The molecule has 0 saturated carbocycles. The van der Waals surface area contributed by atoms with E-state index in [4.69, 9.17) is 0 Å². The Morgan fingerprint density at radius 2 is 1.61 bits per heavy atom. The van der Waals surface area contributed by atoms with Gasteiger partial charge >= 0.3 is 6.18 Å². The van der Waals surface area contributed by atoms with E-state index in [0.717, 1.165) is 30.4 Å². The van der Waals surface area contributed by atoms with Crippen LogP contribution in [0, 0.1) is 0 Å². The van der Waals surface area contributed by atoms with Gasteiger partial charge < -0.3 is 0 Å². The fourth-order valence-corrected chi connectivity index (χ4v) is 1.95. The van der Waals surface area contributed by atoms with Gasteiger partial charge in [-0.15, -0.1) is 0 Å². The Morgan fingerprint density at radius 3 is 2.11 bits per heavy atom. The Hall–Kier alpha value is -1.32. The molecule has 0 fully saturated rings. The van der Waals surface area contributed by atoms with E-state index in [1.54, 1.807) is 6.07 Å². The summed E-state index contributed by atoms with van der Waals surface area (Å²) in [5, 5.41) is 0. The fourth-order valence-electron chi connectivity index (χ4n) is 1.95. The Kier molecular flexibility index (Phi) is 4.93. The summed E-state index contributed by atoms with van der Waals surface area (Å²) in [4.78, 5) is 11.2. The maximum Gasteiger partial charge on any atom is 0.454 e. The van der Waals surface area contributed by atoms with Crippen molar-refractivity contribution in [3.05, 3.63) is 34.9 Å². The minimum absolute atomic E-state index is 0.259. The van der Waals surface area contributed by atoms with Crippen LogP contribution in [-0.4, -0.2) is 12.0 Å². The molecule has 0 amide bonds. The zero-order chi connectivity index (χ0) is 13.8. The molecule has 1 aromatic rings. The van der Waals surface area contributed by atoms with E-state index in [1.165, 1.54) is 12.1 Å². The quantitative estimate of drug-likeness (QED) is 0.718. The number of halogens is 3. The van der Waals surface area contributed by atoms with Gasteiger partial charge in [0.25, 0.3) is 5.78 Å². The average Bonchev–Trinajstić information content (AvgIpc) is 2.30. The highest BCUT2D eigenvalue weighted by atomic mass is 19.4. The fraction of sp³-hybridized carbons (Fsp3) is 0.500. The number of hydrogen-bond acceptors (Lipinski definition) is 1. The zero-order valence-corrected chi connectivity index (χ0v) is 10.6. The molecule has 0 atom stereocenters. The third kappa shape index (κ3) is 3.59. The third-order valence-electron chi connectivity index (χ3n) is 2.76. The smallest absolute Gasteiger partial charge is 0.284 e. The van der Waals surface area contributed by atoms with E-state index in [1.807, 2.05) is 13.8 Å². The Balaban J connectivity index is 3.10. The maximum atomic E-state index is 12.4. The lowest BCUT2D eigenvalue weighted by Gasteiger charge is -2.11. The van der Waals surface area contributed by atoms with Gasteiger partial charge in [-0.3, -0.25) is 4.79 Å². The molecular formula is C14H17F3O. The first-order valence-electron chi connectivity index (χ1n) is 6.13. The molecule has 0 N–H and O–H groups in total. The topological polar surface area (TPSA) is 17.1 Å². The number of alkyl halides is 3. The molecule has 1 nitrogen and oxygen atoms in total. The molecule has 0 aliphatic rings. The summed E-state index contributed by atoms with van der Waals surface area (Å²) in [5.74, 6) is -1.76. The van der Waals surface area contributed by atoms with Crippen LogP contribution in [0.4, 0.5) is 13.2 Å². The van der Waals surface area contributed by atoms with Gasteiger partial charge in [-0.05, 0) is 30.0 Å². The van der Waals surface area contributed by atoms with Crippen molar-refractivity contribution in [2.45, 2.75) is 45.7 Å². The molecule has 0 aliphatic carbocycles. The van der Waals surface area contributed by atoms with Crippen molar-refractivity contribution < 1.29 is 18.0 Å². The number of ketones is 1. The SMILES string of the molecule is CCCc1ccc(C(=O)C(F)(F)F)cc1CCC. The first-order chi connectivity index (χ1) is 8.40. The number of carbonyl (C=O) groups is 1. The van der Waals surface area contributed by atoms with Gasteiger partial charge in [-0.25, -0.2) is 0 Å². The Labute approximate surface area is 105 Å². The van der Waals surface area contributed by atoms with Gasteiger partial charge in [0.1, 0.15) is 0 Å². The van der Waals surface area contributed by atoms with E-state index >= 15 is 0 Å². The molecule has 0 bridgehead atoms. The number of benzene rings is 1. The molecule has 0 spiro atoms. The van der Waals surface area contributed by atoms with Gasteiger partial charge in [0, 0.05) is 5.56 Å². The van der Waals surface area contributed by atoms with Crippen LogP contribution >= 0.6 is 0 Å². The molecule has 0 heterocycles. The number of carbonyl (C=O) groups excluding carboxylic acids is 1. The molecule has 0 unspecified atom stereocenters. The van der Waals surface area contributed by atoms with Crippen LogP contribution in [0.5, 0.6) is 0 Å². The van der Waals surface area contributed by atoms with Crippen LogP contribution < -0.4 is 0 Å². The molecule has 0 aliphatic heterocycles. The van der Waals surface area contributed by atoms with E-state index in [0.29, 0.717) is 6.42 Å². The number of Topliss-reactive ketones (excluding diaryl/α,β-unsaturated/α-hetero) is 1. The Bertz CT molecular complexity index is 422. The highest BCUT2D eigenvalue weighted by molar-refractivity contribution is 6.00. The van der Waals surface area contributed by atoms with E-state index in [-0.39, 0.29) is 5.56 Å². The molecule has 1 rings (SSSR count). The van der Waals surface area contributed by atoms with Crippen molar-refractivity contribution in [3.8, 4) is 0 Å².